The van der Waals surface area contributed by atoms with Gasteiger partial charge in [0.25, 0.3) is 0 Å². The fourth-order valence-corrected chi connectivity index (χ4v) is 1.62. The molecule has 2 N–H and O–H groups in total. The average Bonchev–Trinajstić information content (AvgIpc) is 2.12. The van der Waals surface area contributed by atoms with Crippen LogP contribution in [0.3, 0.4) is 0 Å². The summed E-state index contributed by atoms with van der Waals surface area (Å²) in [6.07, 6.45) is 0.412. The molecule has 0 spiro atoms. The topological polar surface area (TPSA) is 74.6 Å². The maximum atomic E-state index is 11.5. The van der Waals surface area contributed by atoms with Crippen LogP contribution in [-0.4, -0.2) is 34.0 Å². The van der Waals surface area contributed by atoms with Crippen LogP contribution >= 0.6 is 0 Å². The van der Waals surface area contributed by atoms with Crippen LogP contribution in [0.2, 0.25) is 0 Å². The lowest BCUT2D eigenvalue weighted by Gasteiger charge is -2.28. The molecule has 14 heavy (non-hydrogen) atoms. The lowest BCUT2D eigenvalue weighted by Crippen LogP contribution is -2.43. The maximum Gasteiger partial charge on any atom is 0.184 e. The zero-order valence-corrected chi connectivity index (χ0v) is 8.18. The van der Waals surface area contributed by atoms with E-state index in [1.165, 1.54) is 13.0 Å². The van der Waals surface area contributed by atoms with Crippen LogP contribution in [0, 0.1) is 11.8 Å². The Bertz CT molecular complexity index is 280. The first kappa shape index (κ1) is 11.1. The highest BCUT2D eigenvalue weighted by molar-refractivity contribution is 6.00. The molecule has 4 heteroatoms. The molecule has 0 bridgehead atoms. The van der Waals surface area contributed by atoms with Gasteiger partial charge in [0.05, 0.1) is 5.92 Å². The number of hydrogen-bond donors (Lipinski definition) is 2. The SMILES string of the molecule is C[C@H](O)C(=O)[C@H]1[C@H](C)C=CC(=O)[C@@H]1O. The molecule has 4 nitrogen and oxygen atoms in total. The molecule has 1 rings (SSSR count). The summed E-state index contributed by atoms with van der Waals surface area (Å²) in [5, 5.41) is 18.6. The number of Topliss-reactive ketones (excluding diaryl/α,β-unsaturated/α-hetero) is 1. The molecule has 78 valence electrons. The quantitative estimate of drug-likeness (QED) is 0.638. The van der Waals surface area contributed by atoms with Crippen molar-refractivity contribution in [3.8, 4) is 0 Å². The van der Waals surface area contributed by atoms with E-state index < -0.39 is 29.7 Å². The van der Waals surface area contributed by atoms with Crippen LogP contribution in [0.25, 0.3) is 0 Å². The third-order valence-corrected chi connectivity index (χ3v) is 2.50. The fraction of sp³-hybridized carbons (Fsp3) is 0.600. The number of hydrogen-bond acceptors (Lipinski definition) is 4. The van der Waals surface area contributed by atoms with Crippen molar-refractivity contribution in [2.75, 3.05) is 0 Å². The highest BCUT2D eigenvalue weighted by atomic mass is 16.3. The minimum Gasteiger partial charge on any atom is -0.386 e. The van der Waals surface area contributed by atoms with E-state index in [0.717, 1.165) is 0 Å². The summed E-state index contributed by atoms with van der Waals surface area (Å²) in [5.41, 5.74) is 0. The smallest absolute Gasteiger partial charge is 0.184 e. The van der Waals surface area contributed by atoms with E-state index >= 15 is 0 Å². The minimum absolute atomic E-state index is 0.218. The predicted octanol–water partition coefficient (Wildman–Crippen LogP) is -0.312. The summed E-state index contributed by atoms with van der Waals surface area (Å²) in [7, 11) is 0. The molecule has 0 unspecified atom stereocenters. The highest BCUT2D eigenvalue weighted by Gasteiger charge is 2.38. The average molecular weight is 198 g/mol. The monoisotopic (exact) mass is 198 g/mol. The van der Waals surface area contributed by atoms with Gasteiger partial charge in [0.2, 0.25) is 0 Å². The summed E-state index contributed by atoms with van der Waals surface area (Å²) in [5.74, 6) is -1.98. The predicted molar refractivity (Wildman–Crippen MR) is 49.5 cm³/mol. The number of aliphatic hydroxyl groups excluding tert-OH is 2. The molecule has 0 aromatic heterocycles. The second-order valence-electron chi connectivity index (χ2n) is 3.67. The summed E-state index contributed by atoms with van der Waals surface area (Å²) < 4.78 is 0. The van der Waals surface area contributed by atoms with Crippen LogP contribution in [0.4, 0.5) is 0 Å². The van der Waals surface area contributed by atoms with Gasteiger partial charge in [-0.2, -0.15) is 0 Å². The Morgan fingerprint density at radius 1 is 1.57 bits per heavy atom. The molecule has 0 fully saturated rings. The highest BCUT2D eigenvalue weighted by Crippen LogP contribution is 2.24. The summed E-state index contributed by atoms with van der Waals surface area (Å²) in [6, 6.07) is 0. The molecule has 0 amide bonds. The van der Waals surface area contributed by atoms with Gasteiger partial charge in [0.1, 0.15) is 12.2 Å². The number of ketones is 2. The van der Waals surface area contributed by atoms with Crippen molar-refractivity contribution in [2.45, 2.75) is 26.1 Å². The lowest BCUT2D eigenvalue weighted by molar-refractivity contribution is -0.142. The summed E-state index contributed by atoms with van der Waals surface area (Å²) >= 11 is 0. The van der Waals surface area contributed by atoms with Crippen molar-refractivity contribution in [2.24, 2.45) is 11.8 Å². The number of allylic oxidation sites excluding steroid dienone is 1. The van der Waals surface area contributed by atoms with Gasteiger partial charge >= 0.3 is 0 Å². The molecule has 0 aromatic rings. The number of aliphatic hydroxyl groups is 2. The first-order valence-corrected chi connectivity index (χ1v) is 4.57. The molecule has 0 saturated carbocycles. The Morgan fingerprint density at radius 2 is 2.14 bits per heavy atom. The largest absolute Gasteiger partial charge is 0.386 e. The summed E-state index contributed by atoms with van der Waals surface area (Å²) in [4.78, 5) is 22.6. The van der Waals surface area contributed by atoms with E-state index in [4.69, 9.17) is 5.11 Å². The Balaban J connectivity index is 2.91. The molecule has 0 heterocycles. The molecular formula is C10H14O4. The maximum absolute atomic E-state index is 11.5. The third-order valence-electron chi connectivity index (χ3n) is 2.50. The van der Waals surface area contributed by atoms with Crippen LogP contribution in [-0.2, 0) is 9.59 Å². The van der Waals surface area contributed by atoms with E-state index in [0.29, 0.717) is 0 Å². The van der Waals surface area contributed by atoms with Crippen LogP contribution in [0.5, 0.6) is 0 Å². The molecule has 0 saturated heterocycles. The van der Waals surface area contributed by atoms with Gasteiger partial charge in [-0.25, -0.2) is 0 Å². The van der Waals surface area contributed by atoms with Gasteiger partial charge in [-0.05, 0) is 18.9 Å². The second-order valence-corrected chi connectivity index (χ2v) is 3.67. The van der Waals surface area contributed by atoms with Crippen molar-refractivity contribution in [3.63, 3.8) is 0 Å². The van der Waals surface area contributed by atoms with Crippen molar-refractivity contribution in [3.05, 3.63) is 12.2 Å². The molecule has 0 aromatic carbocycles. The normalized spacial score (nSPS) is 34.3. The van der Waals surface area contributed by atoms with Crippen LogP contribution in [0.1, 0.15) is 13.8 Å². The van der Waals surface area contributed by atoms with E-state index in [2.05, 4.69) is 0 Å². The standard InChI is InChI=1S/C10H14O4/c1-5-3-4-7(12)10(14)8(5)9(13)6(2)11/h3-6,8,10-11,14H,1-2H3/t5-,6+,8-,10+/m1/s1. The first-order chi connectivity index (χ1) is 6.45. The lowest BCUT2D eigenvalue weighted by atomic mass is 9.78. The van der Waals surface area contributed by atoms with Gasteiger partial charge in [0.15, 0.2) is 11.6 Å². The molecule has 1 aliphatic carbocycles. The van der Waals surface area contributed by atoms with Gasteiger partial charge in [-0.1, -0.05) is 13.0 Å². The number of carbonyl (C=O) groups is 2. The van der Waals surface area contributed by atoms with Gasteiger partial charge in [0, 0.05) is 0 Å². The number of rotatable bonds is 2. The van der Waals surface area contributed by atoms with Gasteiger partial charge < -0.3 is 10.2 Å². The van der Waals surface area contributed by atoms with Gasteiger partial charge in [-0.15, -0.1) is 0 Å². The van der Waals surface area contributed by atoms with Crippen molar-refractivity contribution >= 4 is 11.6 Å². The molecule has 1 aliphatic rings. The van der Waals surface area contributed by atoms with Gasteiger partial charge in [-0.3, -0.25) is 9.59 Å². The van der Waals surface area contributed by atoms with E-state index in [1.807, 2.05) is 0 Å². The summed E-state index contributed by atoms with van der Waals surface area (Å²) in [6.45, 7) is 3.07. The molecular weight excluding hydrogens is 184 g/mol. The zero-order valence-electron chi connectivity index (χ0n) is 8.18. The third kappa shape index (κ3) is 1.91. The van der Waals surface area contributed by atoms with Crippen molar-refractivity contribution < 1.29 is 19.8 Å². The van der Waals surface area contributed by atoms with E-state index in [1.54, 1.807) is 13.0 Å². The molecule has 0 aliphatic heterocycles. The van der Waals surface area contributed by atoms with E-state index in [9.17, 15) is 14.7 Å². The fourth-order valence-electron chi connectivity index (χ4n) is 1.62. The van der Waals surface area contributed by atoms with Crippen LogP contribution < -0.4 is 0 Å². The molecule has 0 radical (unpaired) electrons. The van der Waals surface area contributed by atoms with Crippen molar-refractivity contribution in [1.82, 2.24) is 0 Å². The number of carbonyl (C=O) groups excluding carboxylic acids is 2. The van der Waals surface area contributed by atoms with Crippen molar-refractivity contribution in [1.29, 1.82) is 0 Å². The zero-order chi connectivity index (χ0) is 10.9. The molecule has 4 atom stereocenters. The minimum atomic E-state index is -1.31. The van der Waals surface area contributed by atoms with E-state index in [-0.39, 0.29) is 5.92 Å². The van der Waals surface area contributed by atoms with Crippen LogP contribution in [0.15, 0.2) is 12.2 Å². The Labute approximate surface area is 82.2 Å². The Kier molecular flexibility index (Phi) is 3.18. The Hall–Kier alpha value is -1.00. The second kappa shape index (κ2) is 4.02. The Morgan fingerprint density at radius 3 is 2.64 bits per heavy atom. The first-order valence-electron chi connectivity index (χ1n) is 4.57.